The zero-order valence-corrected chi connectivity index (χ0v) is 13.6. The summed E-state index contributed by atoms with van der Waals surface area (Å²) in [5, 5.41) is 23.3. The summed E-state index contributed by atoms with van der Waals surface area (Å²) in [4.78, 5) is 4.70. The molecule has 23 heavy (non-hydrogen) atoms. The largest absolute Gasteiger partial charge is 0.390 e. The highest BCUT2D eigenvalue weighted by molar-refractivity contribution is 5.69. The van der Waals surface area contributed by atoms with Crippen LogP contribution in [0, 0.1) is 0 Å². The quantitative estimate of drug-likeness (QED) is 0.900. The normalized spacial score (nSPS) is 26.3. The minimum absolute atomic E-state index is 0.219. The van der Waals surface area contributed by atoms with E-state index in [0.717, 1.165) is 43.1 Å². The second-order valence-corrected chi connectivity index (χ2v) is 6.61. The van der Waals surface area contributed by atoms with Crippen LogP contribution in [0.3, 0.4) is 0 Å². The zero-order valence-electron chi connectivity index (χ0n) is 13.6. The third kappa shape index (κ3) is 2.68. The highest BCUT2D eigenvalue weighted by Gasteiger charge is 2.37. The van der Waals surface area contributed by atoms with Gasteiger partial charge in [0.1, 0.15) is 6.33 Å². The first-order valence-electron chi connectivity index (χ1n) is 8.63. The molecule has 2 fully saturated rings. The fourth-order valence-corrected chi connectivity index (χ4v) is 3.84. The average molecular weight is 316 g/mol. The molecule has 2 aliphatic rings. The van der Waals surface area contributed by atoms with Crippen molar-refractivity contribution in [3.8, 4) is 0 Å². The van der Waals surface area contributed by atoms with Gasteiger partial charge < -0.3 is 10.0 Å². The van der Waals surface area contributed by atoms with E-state index in [2.05, 4.69) is 38.1 Å². The molecule has 1 N–H and O–H groups in total. The predicted molar refractivity (Wildman–Crippen MR) is 87.6 cm³/mol. The summed E-state index contributed by atoms with van der Waals surface area (Å²) in [7, 11) is 0. The van der Waals surface area contributed by atoms with E-state index >= 15 is 0 Å². The summed E-state index contributed by atoms with van der Waals surface area (Å²) in [6, 6.07) is 2.31. The first-order valence-corrected chi connectivity index (χ1v) is 8.63. The van der Waals surface area contributed by atoms with E-state index in [-0.39, 0.29) is 12.1 Å². The average Bonchev–Trinajstić information content (AvgIpc) is 3.21. The number of fused-ring (bicyclic) bond motifs is 1. The number of aliphatic hydroxyl groups excluding tert-OH is 1. The fourth-order valence-electron chi connectivity index (χ4n) is 3.84. The van der Waals surface area contributed by atoms with Crippen molar-refractivity contribution < 1.29 is 5.11 Å². The lowest BCUT2D eigenvalue weighted by molar-refractivity contribution is 0.0706. The van der Waals surface area contributed by atoms with Crippen molar-refractivity contribution in [2.75, 3.05) is 31.1 Å². The summed E-state index contributed by atoms with van der Waals surface area (Å²) in [5.41, 5.74) is 2.82. The molecule has 7 nitrogen and oxygen atoms in total. The molecule has 0 saturated carbocycles. The van der Waals surface area contributed by atoms with E-state index < -0.39 is 0 Å². The molecule has 124 valence electrons. The van der Waals surface area contributed by atoms with Gasteiger partial charge in [0, 0.05) is 13.1 Å². The Labute approximate surface area is 135 Å². The Hall–Kier alpha value is -1.73. The predicted octanol–water partition coefficient (Wildman–Crippen LogP) is 0.722. The lowest BCUT2D eigenvalue weighted by atomic mass is 10.1. The van der Waals surface area contributed by atoms with Crippen LogP contribution in [0.5, 0.6) is 0 Å². The fraction of sp³-hybridized carbons (Fsp3) is 0.688. The monoisotopic (exact) mass is 316 g/mol. The molecule has 4 rings (SSSR count). The standard InChI is InChI=1S/C16H24N6O/c1-2-12-8-13(16-18-17-11-22(16)19-12)21-9-14(15(23)10-21)20-6-4-3-5-7-20/h8,11,14-15,23H,2-7,9-10H2,1H3/t14-,15-/m0/s1. The number of hydrogen-bond donors (Lipinski definition) is 1. The molecule has 2 aromatic heterocycles. The van der Waals surface area contributed by atoms with Gasteiger partial charge in [-0.25, -0.2) is 0 Å². The molecule has 2 aromatic rings. The second kappa shape index (κ2) is 6.05. The molecule has 0 aromatic carbocycles. The molecule has 2 saturated heterocycles. The van der Waals surface area contributed by atoms with Gasteiger partial charge in [-0.15, -0.1) is 10.2 Å². The Morgan fingerprint density at radius 1 is 1.22 bits per heavy atom. The summed E-state index contributed by atoms with van der Waals surface area (Å²) < 4.78 is 1.74. The number of likely N-dealkylation sites (tertiary alicyclic amines) is 1. The highest BCUT2D eigenvalue weighted by Crippen LogP contribution is 2.28. The van der Waals surface area contributed by atoms with Crippen LogP contribution in [0.2, 0.25) is 0 Å². The number of aliphatic hydroxyl groups is 1. The molecule has 0 aliphatic carbocycles. The molecular weight excluding hydrogens is 292 g/mol. The molecule has 0 unspecified atom stereocenters. The maximum atomic E-state index is 10.6. The molecule has 0 spiro atoms. The van der Waals surface area contributed by atoms with Crippen LogP contribution in [0.15, 0.2) is 12.4 Å². The molecule has 0 bridgehead atoms. The number of aryl methyl sites for hydroxylation is 1. The Bertz CT molecular complexity index is 680. The Balaban J connectivity index is 1.62. The Morgan fingerprint density at radius 2 is 2.04 bits per heavy atom. The number of hydrogen-bond acceptors (Lipinski definition) is 6. The van der Waals surface area contributed by atoms with Crippen molar-refractivity contribution in [3.05, 3.63) is 18.1 Å². The molecule has 0 radical (unpaired) electrons. The van der Waals surface area contributed by atoms with Crippen LogP contribution < -0.4 is 4.90 Å². The Morgan fingerprint density at radius 3 is 2.83 bits per heavy atom. The van der Waals surface area contributed by atoms with Crippen LogP contribution >= 0.6 is 0 Å². The SMILES string of the molecule is CCc1cc(N2C[C@H](O)[C@@H](N3CCCCC3)C2)c2nncn2n1. The van der Waals surface area contributed by atoms with Gasteiger partial charge in [0.15, 0.2) is 0 Å². The number of β-amino-alcohol motifs (C(OH)–C–C–N with tert-alkyl or cyclic N) is 1. The summed E-state index contributed by atoms with van der Waals surface area (Å²) in [6.45, 7) is 5.80. The Kier molecular flexibility index (Phi) is 3.90. The highest BCUT2D eigenvalue weighted by atomic mass is 16.3. The topological polar surface area (TPSA) is 69.8 Å². The van der Waals surface area contributed by atoms with Crippen molar-refractivity contribution >= 4 is 11.3 Å². The van der Waals surface area contributed by atoms with Crippen molar-refractivity contribution in [2.24, 2.45) is 0 Å². The van der Waals surface area contributed by atoms with Gasteiger partial charge in [0.2, 0.25) is 5.65 Å². The maximum Gasteiger partial charge on any atom is 0.200 e. The molecule has 4 heterocycles. The van der Waals surface area contributed by atoms with E-state index in [1.165, 1.54) is 19.3 Å². The lowest BCUT2D eigenvalue weighted by Crippen LogP contribution is -2.45. The number of piperidine rings is 1. The zero-order chi connectivity index (χ0) is 15.8. The third-order valence-electron chi connectivity index (χ3n) is 5.12. The van der Waals surface area contributed by atoms with E-state index in [4.69, 9.17) is 0 Å². The van der Waals surface area contributed by atoms with Gasteiger partial charge in [0.25, 0.3) is 0 Å². The van der Waals surface area contributed by atoms with Crippen LogP contribution in [-0.4, -0.2) is 68.1 Å². The minimum Gasteiger partial charge on any atom is -0.390 e. The number of rotatable bonds is 3. The van der Waals surface area contributed by atoms with Gasteiger partial charge in [-0.05, 0) is 38.4 Å². The molecule has 2 aliphatic heterocycles. The van der Waals surface area contributed by atoms with E-state index in [1.807, 2.05) is 0 Å². The van der Waals surface area contributed by atoms with Crippen LogP contribution in [0.1, 0.15) is 31.9 Å². The first-order chi connectivity index (χ1) is 11.3. The van der Waals surface area contributed by atoms with Gasteiger partial charge in [-0.1, -0.05) is 13.3 Å². The lowest BCUT2D eigenvalue weighted by Gasteiger charge is -2.33. The van der Waals surface area contributed by atoms with Crippen LogP contribution in [0.4, 0.5) is 5.69 Å². The number of aromatic nitrogens is 4. The van der Waals surface area contributed by atoms with Crippen LogP contribution in [0.25, 0.3) is 5.65 Å². The summed E-state index contributed by atoms with van der Waals surface area (Å²) >= 11 is 0. The maximum absolute atomic E-state index is 10.6. The molecule has 7 heteroatoms. The first kappa shape index (κ1) is 14.8. The van der Waals surface area contributed by atoms with E-state index in [1.54, 1.807) is 10.8 Å². The van der Waals surface area contributed by atoms with Crippen molar-refractivity contribution in [1.29, 1.82) is 0 Å². The van der Waals surface area contributed by atoms with Gasteiger partial charge in [0.05, 0.1) is 23.5 Å². The minimum atomic E-state index is -0.311. The van der Waals surface area contributed by atoms with Gasteiger partial charge >= 0.3 is 0 Å². The van der Waals surface area contributed by atoms with Crippen molar-refractivity contribution in [3.63, 3.8) is 0 Å². The van der Waals surface area contributed by atoms with E-state index in [0.29, 0.717) is 6.54 Å². The van der Waals surface area contributed by atoms with Crippen LogP contribution in [-0.2, 0) is 6.42 Å². The second-order valence-electron chi connectivity index (χ2n) is 6.61. The summed E-state index contributed by atoms with van der Waals surface area (Å²) in [5.74, 6) is 0. The van der Waals surface area contributed by atoms with Crippen molar-refractivity contribution in [2.45, 2.75) is 44.8 Å². The van der Waals surface area contributed by atoms with Gasteiger partial charge in [-0.3, -0.25) is 4.90 Å². The van der Waals surface area contributed by atoms with Gasteiger partial charge in [-0.2, -0.15) is 9.61 Å². The van der Waals surface area contributed by atoms with Crippen molar-refractivity contribution in [1.82, 2.24) is 24.7 Å². The third-order valence-corrected chi connectivity index (χ3v) is 5.12. The number of nitrogens with zero attached hydrogens (tertiary/aromatic N) is 6. The molecular formula is C16H24N6O. The molecule has 0 amide bonds. The molecule has 2 atom stereocenters. The number of anilines is 1. The summed E-state index contributed by atoms with van der Waals surface area (Å²) in [6.07, 6.45) is 6.00. The smallest absolute Gasteiger partial charge is 0.200 e. The van der Waals surface area contributed by atoms with E-state index in [9.17, 15) is 5.11 Å².